The lowest BCUT2D eigenvalue weighted by Crippen LogP contribution is -2.40. The van der Waals surface area contributed by atoms with Crippen LogP contribution in [0.3, 0.4) is 0 Å². The number of halogens is 1. The van der Waals surface area contributed by atoms with Gasteiger partial charge in [-0.15, -0.1) is 0 Å². The van der Waals surface area contributed by atoms with E-state index in [0.717, 1.165) is 25.9 Å². The minimum Gasteiger partial charge on any atom is -0.496 e. The molecule has 5 heteroatoms. The van der Waals surface area contributed by atoms with Crippen LogP contribution in [-0.4, -0.2) is 50.6 Å². The van der Waals surface area contributed by atoms with Crippen LogP contribution in [-0.2, 0) is 4.74 Å². The minimum atomic E-state index is -0.521. The number of likely N-dealkylation sites (tertiary alicyclic amines) is 1. The second kappa shape index (κ2) is 7.52. The smallest absolute Gasteiger partial charge is 0.170 e. The summed E-state index contributed by atoms with van der Waals surface area (Å²) in [6, 6.07) is 4.44. The molecule has 2 rings (SSSR count). The Morgan fingerprint density at radius 1 is 1.43 bits per heavy atom. The average molecular weight is 295 g/mol. The van der Waals surface area contributed by atoms with Crippen LogP contribution in [0.15, 0.2) is 18.2 Å². The molecule has 0 radical (unpaired) electrons. The second-order valence-electron chi connectivity index (χ2n) is 5.29. The number of hydrogen-bond acceptors (Lipinski definition) is 4. The van der Waals surface area contributed by atoms with Gasteiger partial charge in [0.25, 0.3) is 0 Å². The molecule has 1 fully saturated rings. The predicted octanol–water partition coefficient (Wildman–Crippen LogP) is 2.52. The third-order valence-electron chi connectivity index (χ3n) is 3.92. The van der Waals surface area contributed by atoms with Crippen molar-refractivity contribution in [2.45, 2.75) is 25.4 Å². The number of piperidine rings is 1. The van der Waals surface area contributed by atoms with Crippen LogP contribution in [0.2, 0.25) is 0 Å². The summed E-state index contributed by atoms with van der Waals surface area (Å²) in [6.45, 7) is 2.41. The van der Waals surface area contributed by atoms with Crippen molar-refractivity contribution in [3.63, 3.8) is 0 Å². The number of hydrogen-bond donors (Lipinski definition) is 0. The highest BCUT2D eigenvalue weighted by atomic mass is 19.1. The van der Waals surface area contributed by atoms with Crippen LogP contribution in [0, 0.1) is 5.82 Å². The molecule has 1 unspecified atom stereocenters. The predicted molar refractivity (Wildman–Crippen MR) is 78.4 cm³/mol. The van der Waals surface area contributed by atoms with Gasteiger partial charge in [-0.1, -0.05) is 6.07 Å². The van der Waals surface area contributed by atoms with E-state index in [4.69, 9.17) is 9.47 Å². The van der Waals surface area contributed by atoms with Gasteiger partial charge < -0.3 is 14.4 Å². The summed E-state index contributed by atoms with van der Waals surface area (Å²) in [6.07, 6.45) is 2.64. The van der Waals surface area contributed by atoms with Gasteiger partial charge >= 0.3 is 0 Å². The molecule has 1 aliphatic rings. The largest absolute Gasteiger partial charge is 0.496 e. The van der Waals surface area contributed by atoms with Crippen molar-refractivity contribution in [2.75, 3.05) is 33.9 Å². The Hall–Kier alpha value is -1.46. The Morgan fingerprint density at radius 3 is 2.95 bits per heavy atom. The summed E-state index contributed by atoms with van der Waals surface area (Å²) in [5, 5.41) is 0. The first-order chi connectivity index (χ1) is 10.2. The molecule has 1 aromatic carbocycles. The normalized spacial score (nSPS) is 19.5. The first-order valence-electron chi connectivity index (χ1n) is 7.26. The number of ether oxygens (including phenoxy) is 2. The molecule has 1 saturated heterocycles. The molecule has 0 saturated carbocycles. The van der Waals surface area contributed by atoms with E-state index < -0.39 is 5.82 Å². The van der Waals surface area contributed by atoms with Crippen molar-refractivity contribution in [1.82, 2.24) is 4.90 Å². The molecular formula is C16H22FNO3. The summed E-state index contributed by atoms with van der Waals surface area (Å²) < 4.78 is 24.3. The lowest BCUT2D eigenvalue weighted by atomic mass is 10.0. The summed E-state index contributed by atoms with van der Waals surface area (Å²) in [5.74, 6) is -0.439. The first-order valence-corrected chi connectivity index (χ1v) is 7.26. The Bertz CT molecular complexity index is 492. The number of nitrogens with zero attached hydrogens (tertiary/aromatic N) is 1. The van der Waals surface area contributed by atoms with E-state index in [0.29, 0.717) is 12.3 Å². The molecule has 0 amide bonds. The molecule has 1 atom stereocenters. The lowest BCUT2D eigenvalue weighted by Gasteiger charge is -2.31. The zero-order chi connectivity index (χ0) is 15.2. The highest BCUT2D eigenvalue weighted by Crippen LogP contribution is 2.23. The Kier molecular flexibility index (Phi) is 5.70. The van der Waals surface area contributed by atoms with Gasteiger partial charge in [-0.2, -0.15) is 0 Å². The van der Waals surface area contributed by atoms with E-state index in [1.807, 2.05) is 0 Å². The van der Waals surface area contributed by atoms with E-state index in [1.165, 1.54) is 13.2 Å². The van der Waals surface area contributed by atoms with Gasteiger partial charge in [-0.3, -0.25) is 4.79 Å². The lowest BCUT2D eigenvalue weighted by molar-refractivity contribution is 0.0309. The van der Waals surface area contributed by atoms with Gasteiger partial charge in [0.1, 0.15) is 11.6 Å². The molecule has 0 aliphatic carbocycles. The van der Waals surface area contributed by atoms with Crippen molar-refractivity contribution in [2.24, 2.45) is 0 Å². The topological polar surface area (TPSA) is 38.8 Å². The molecule has 4 nitrogen and oxygen atoms in total. The van der Waals surface area contributed by atoms with Crippen LogP contribution in [0.5, 0.6) is 5.75 Å². The first kappa shape index (κ1) is 15.9. The van der Waals surface area contributed by atoms with Crippen LogP contribution in [0.1, 0.15) is 29.6 Å². The van der Waals surface area contributed by atoms with Gasteiger partial charge in [0.2, 0.25) is 0 Å². The van der Waals surface area contributed by atoms with Crippen molar-refractivity contribution >= 4 is 5.78 Å². The number of Topliss-reactive ketones (excluding diaryl/α,β-unsaturated/α-hetero) is 1. The maximum Gasteiger partial charge on any atom is 0.170 e. The summed E-state index contributed by atoms with van der Waals surface area (Å²) >= 11 is 0. The number of benzene rings is 1. The van der Waals surface area contributed by atoms with Crippen molar-refractivity contribution < 1.29 is 18.7 Å². The summed E-state index contributed by atoms with van der Waals surface area (Å²) in [4.78, 5) is 14.5. The molecule has 0 spiro atoms. The Labute approximate surface area is 124 Å². The summed E-state index contributed by atoms with van der Waals surface area (Å²) in [5.41, 5.74) is 0.0558. The van der Waals surface area contributed by atoms with Crippen LogP contribution in [0.25, 0.3) is 0 Å². The van der Waals surface area contributed by atoms with Gasteiger partial charge in [0.05, 0.1) is 18.8 Å². The third kappa shape index (κ3) is 4.02. The third-order valence-corrected chi connectivity index (χ3v) is 3.92. The average Bonchev–Trinajstić information content (AvgIpc) is 2.52. The van der Waals surface area contributed by atoms with Crippen molar-refractivity contribution in [3.8, 4) is 5.75 Å². The molecule has 1 aliphatic heterocycles. The molecule has 0 aromatic heterocycles. The van der Waals surface area contributed by atoms with Crippen LogP contribution < -0.4 is 4.74 Å². The number of carbonyl (C=O) groups is 1. The number of ketones is 1. The number of carbonyl (C=O) groups excluding carboxylic acids is 1. The molecule has 0 N–H and O–H groups in total. The molecular weight excluding hydrogens is 273 g/mol. The standard InChI is InChI=1S/C16H22FNO3/c1-20-12-5-4-9-18(11-12)10-8-14(19)16-13(17)6-3-7-15(16)21-2/h3,6-7,12H,4-5,8-11H2,1-2H3. The monoisotopic (exact) mass is 295 g/mol. The number of methoxy groups -OCH3 is 2. The van der Waals surface area contributed by atoms with Crippen LogP contribution >= 0.6 is 0 Å². The Morgan fingerprint density at radius 2 is 2.24 bits per heavy atom. The molecule has 1 heterocycles. The van der Waals surface area contributed by atoms with Gasteiger partial charge in [-0.05, 0) is 31.5 Å². The van der Waals surface area contributed by atoms with E-state index >= 15 is 0 Å². The molecule has 0 bridgehead atoms. The van der Waals surface area contributed by atoms with E-state index in [2.05, 4.69) is 4.90 Å². The van der Waals surface area contributed by atoms with Crippen molar-refractivity contribution in [1.29, 1.82) is 0 Å². The number of rotatable bonds is 6. The second-order valence-corrected chi connectivity index (χ2v) is 5.29. The molecule has 21 heavy (non-hydrogen) atoms. The quantitative estimate of drug-likeness (QED) is 0.756. The maximum absolute atomic E-state index is 13.8. The van der Waals surface area contributed by atoms with Crippen LogP contribution in [0.4, 0.5) is 4.39 Å². The maximum atomic E-state index is 13.8. The highest BCUT2D eigenvalue weighted by Gasteiger charge is 2.22. The van der Waals surface area contributed by atoms with Gasteiger partial charge in [0, 0.05) is 26.6 Å². The SMILES string of the molecule is COc1cccc(F)c1C(=O)CCN1CCCC(OC)C1. The summed E-state index contributed by atoms with van der Waals surface area (Å²) in [7, 11) is 3.16. The minimum absolute atomic E-state index is 0.0558. The van der Waals surface area contributed by atoms with Gasteiger partial charge in [0.15, 0.2) is 5.78 Å². The van der Waals surface area contributed by atoms with Crippen molar-refractivity contribution in [3.05, 3.63) is 29.6 Å². The zero-order valence-corrected chi connectivity index (χ0v) is 12.6. The fraction of sp³-hybridized carbons (Fsp3) is 0.562. The van der Waals surface area contributed by atoms with E-state index in [1.54, 1.807) is 19.2 Å². The zero-order valence-electron chi connectivity index (χ0n) is 12.6. The molecule has 116 valence electrons. The fourth-order valence-electron chi connectivity index (χ4n) is 2.74. The Balaban J connectivity index is 1.96. The molecule has 1 aromatic rings. The fourth-order valence-corrected chi connectivity index (χ4v) is 2.74. The van der Waals surface area contributed by atoms with E-state index in [9.17, 15) is 9.18 Å². The van der Waals surface area contributed by atoms with Gasteiger partial charge in [-0.25, -0.2) is 4.39 Å². The van der Waals surface area contributed by atoms with E-state index in [-0.39, 0.29) is 23.9 Å². The highest BCUT2D eigenvalue weighted by molar-refractivity contribution is 5.99.